The van der Waals surface area contributed by atoms with Crippen LogP contribution in [0.3, 0.4) is 0 Å². The molecule has 1 rings (SSSR count). The Morgan fingerprint density at radius 1 is 1.50 bits per heavy atom. The molecule has 0 spiro atoms. The number of benzene rings is 1. The lowest BCUT2D eigenvalue weighted by atomic mass is 10.2. The number of anilines is 2. The molecule has 0 saturated heterocycles. The molecule has 6 heteroatoms. The van der Waals surface area contributed by atoms with Gasteiger partial charge in [-0.2, -0.15) is 5.26 Å². The molecule has 0 aliphatic rings. The third kappa shape index (κ3) is 3.07. The lowest BCUT2D eigenvalue weighted by Crippen LogP contribution is -2.31. The van der Waals surface area contributed by atoms with Gasteiger partial charge >= 0.3 is 0 Å². The van der Waals surface area contributed by atoms with Crippen LogP contribution in [-0.2, 0) is 0 Å². The van der Waals surface area contributed by atoms with E-state index in [0.29, 0.717) is 5.56 Å². The number of aliphatic hydroxyl groups excluding tert-OH is 1. The summed E-state index contributed by atoms with van der Waals surface area (Å²) in [4.78, 5) is 0. The summed E-state index contributed by atoms with van der Waals surface area (Å²) in [6.45, 7) is -1.97. The van der Waals surface area contributed by atoms with Crippen LogP contribution in [0.5, 0.6) is 0 Å². The van der Waals surface area contributed by atoms with Crippen molar-refractivity contribution in [2.75, 3.05) is 24.2 Å². The van der Waals surface area contributed by atoms with Crippen molar-refractivity contribution in [2.24, 2.45) is 0 Å². The van der Waals surface area contributed by atoms with E-state index in [0.717, 1.165) is 0 Å². The summed E-state index contributed by atoms with van der Waals surface area (Å²) in [6, 6.07) is 6.20. The number of nitrogens with zero attached hydrogens (tertiary/aromatic N) is 1. The van der Waals surface area contributed by atoms with E-state index < -0.39 is 19.1 Å². The van der Waals surface area contributed by atoms with Gasteiger partial charge in [0.25, 0.3) is 5.92 Å². The lowest BCUT2D eigenvalue weighted by Gasteiger charge is -2.16. The number of hydrogen-bond donors (Lipinski definition) is 3. The molecule has 0 amide bonds. The molecule has 0 heterocycles. The SMILES string of the molecule is N#Cc1ccc(N)c(NCC(F)(F)CO)c1. The first kappa shape index (κ1) is 12.2. The fourth-order valence-corrected chi connectivity index (χ4v) is 1.06. The van der Waals surface area contributed by atoms with Gasteiger partial charge in [-0.15, -0.1) is 0 Å². The van der Waals surface area contributed by atoms with Gasteiger partial charge < -0.3 is 16.2 Å². The van der Waals surface area contributed by atoms with Gasteiger partial charge in [0.05, 0.1) is 29.6 Å². The second kappa shape index (κ2) is 4.77. The number of aliphatic hydroxyl groups is 1. The summed E-state index contributed by atoms with van der Waals surface area (Å²) >= 11 is 0. The van der Waals surface area contributed by atoms with Crippen molar-refractivity contribution in [3.8, 4) is 6.07 Å². The number of halogens is 2. The molecule has 0 aromatic heterocycles. The third-order valence-corrected chi connectivity index (χ3v) is 1.95. The van der Waals surface area contributed by atoms with Crippen LogP contribution < -0.4 is 11.1 Å². The van der Waals surface area contributed by atoms with Crippen LogP contribution in [0.1, 0.15) is 5.56 Å². The van der Waals surface area contributed by atoms with E-state index in [1.807, 2.05) is 6.07 Å². The molecule has 0 aliphatic heterocycles. The Hall–Kier alpha value is -1.87. The van der Waals surface area contributed by atoms with Gasteiger partial charge in [-0.05, 0) is 18.2 Å². The lowest BCUT2D eigenvalue weighted by molar-refractivity contribution is -0.0372. The van der Waals surface area contributed by atoms with Gasteiger partial charge in [-0.25, -0.2) is 8.78 Å². The molecule has 1 aromatic rings. The van der Waals surface area contributed by atoms with Gasteiger partial charge in [-0.3, -0.25) is 0 Å². The van der Waals surface area contributed by atoms with E-state index in [9.17, 15) is 8.78 Å². The molecular weight excluding hydrogens is 216 g/mol. The third-order valence-electron chi connectivity index (χ3n) is 1.95. The number of nitrogens with two attached hydrogens (primary N) is 1. The van der Waals surface area contributed by atoms with Crippen molar-refractivity contribution in [1.29, 1.82) is 5.26 Å². The summed E-state index contributed by atoms with van der Waals surface area (Å²) in [5.74, 6) is -3.21. The number of nitrogen functional groups attached to an aromatic ring is 1. The average Bonchev–Trinajstić information content (AvgIpc) is 2.28. The second-order valence-electron chi connectivity index (χ2n) is 3.28. The quantitative estimate of drug-likeness (QED) is 0.674. The minimum absolute atomic E-state index is 0.257. The maximum absolute atomic E-state index is 12.7. The Morgan fingerprint density at radius 3 is 2.75 bits per heavy atom. The maximum Gasteiger partial charge on any atom is 0.287 e. The molecule has 16 heavy (non-hydrogen) atoms. The first-order valence-corrected chi connectivity index (χ1v) is 4.51. The van der Waals surface area contributed by atoms with Gasteiger partial charge in [-0.1, -0.05) is 0 Å². The number of rotatable bonds is 4. The van der Waals surface area contributed by atoms with E-state index in [1.54, 1.807) is 0 Å². The van der Waals surface area contributed by atoms with E-state index in [4.69, 9.17) is 16.1 Å². The zero-order valence-corrected chi connectivity index (χ0v) is 8.37. The molecule has 0 bridgehead atoms. The van der Waals surface area contributed by atoms with Crippen molar-refractivity contribution in [3.05, 3.63) is 23.8 Å². The molecule has 86 valence electrons. The van der Waals surface area contributed by atoms with Crippen LogP contribution in [0.15, 0.2) is 18.2 Å². The molecule has 0 fully saturated rings. The second-order valence-corrected chi connectivity index (χ2v) is 3.28. The van der Waals surface area contributed by atoms with Crippen molar-refractivity contribution >= 4 is 11.4 Å². The normalized spacial score (nSPS) is 10.9. The molecule has 4 nitrogen and oxygen atoms in total. The monoisotopic (exact) mass is 227 g/mol. The molecule has 4 N–H and O–H groups in total. The molecule has 0 radical (unpaired) electrons. The zero-order chi connectivity index (χ0) is 12.2. The average molecular weight is 227 g/mol. The van der Waals surface area contributed by atoms with Crippen LogP contribution in [0.2, 0.25) is 0 Å². The highest BCUT2D eigenvalue weighted by atomic mass is 19.3. The van der Waals surface area contributed by atoms with Crippen LogP contribution in [0.4, 0.5) is 20.2 Å². The highest BCUT2D eigenvalue weighted by Crippen LogP contribution is 2.21. The van der Waals surface area contributed by atoms with Gasteiger partial charge in [0.2, 0.25) is 0 Å². The minimum atomic E-state index is -3.21. The Balaban J connectivity index is 2.78. The van der Waals surface area contributed by atoms with Gasteiger partial charge in [0.1, 0.15) is 6.61 Å². The number of nitriles is 1. The highest BCUT2D eigenvalue weighted by Gasteiger charge is 2.27. The summed E-state index contributed by atoms with van der Waals surface area (Å²) in [7, 11) is 0. The standard InChI is InChI=1S/C10H11F2N3O/c11-10(12,6-16)5-15-9-3-7(4-13)1-2-8(9)14/h1-3,15-16H,5-6,14H2. The molecule has 0 atom stereocenters. The topological polar surface area (TPSA) is 82.1 Å². The highest BCUT2D eigenvalue weighted by molar-refractivity contribution is 5.68. The largest absolute Gasteiger partial charge is 0.397 e. The Bertz CT molecular complexity index is 415. The summed E-state index contributed by atoms with van der Waals surface area (Å²) in [6.07, 6.45) is 0. The van der Waals surface area contributed by atoms with E-state index >= 15 is 0 Å². The Morgan fingerprint density at radius 2 is 2.19 bits per heavy atom. The van der Waals surface area contributed by atoms with Crippen molar-refractivity contribution in [3.63, 3.8) is 0 Å². The van der Waals surface area contributed by atoms with Crippen LogP contribution in [0.25, 0.3) is 0 Å². The predicted molar refractivity (Wildman–Crippen MR) is 56.1 cm³/mol. The van der Waals surface area contributed by atoms with E-state index in [2.05, 4.69) is 5.32 Å². The molecule has 0 unspecified atom stereocenters. The molecule has 0 saturated carbocycles. The summed E-state index contributed by atoms with van der Waals surface area (Å²) in [5, 5.41) is 19.4. The van der Waals surface area contributed by atoms with Crippen molar-refractivity contribution in [2.45, 2.75) is 5.92 Å². The summed E-state index contributed by atoms with van der Waals surface area (Å²) < 4.78 is 25.5. The van der Waals surface area contributed by atoms with Crippen molar-refractivity contribution < 1.29 is 13.9 Å². The van der Waals surface area contributed by atoms with Gasteiger partial charge in [0, 0.05) is 0 Å². The first-order chi connectivity index (χ1) is 7.48. The van der Waals surface area contributed by atoms with Crippen LogP contribution in [0, 0.1) is 11.3 Å². The van der Waals surface area contributed by atoms with Gasteiger partial charge in [0.15, 0.2) is 0 Å². The van der Waals surface area contributed by atoms with Crippen LogP contribution in [-0.4, -0.2) is 24.2 Å². The van der Waals surface area contributed by atoms with Crippen molar-refractivity contribution in [1.82, 2.24) is 0 Å². The molecule has 0 aliphatic carbocycles. The fraction of sp³-hybridized carbons (Fsp3) is 0.300. The number of alkyl halides is 2. The number of nitrogens with one attached hydrogen (secondary N) is 1. The smallest absolute Gasteiger partial charge is 0.287 e. The molecule has 1 aromatic carbocycles. The Kier molecular flexibility index (Phi) is 3.64. The molecular formula is C10H11F2N3O. The van der Waals surface area contributed by atoms with Crippen LogP contribution >= 0.6 is 0 Å². The predicted octanol–water partition coefficient (Wildman–Crippen LogP) is 1.18. The summed E-state index contributed by atoms with van der Waals surface area (Å²) in [5.41, 5.74) is 6.39. The minimum Gasteiger partial charge on any atom is -0.397 e. The zero-order valence-electron chi connectivity index (χ0n) is 8.37. The first-order valence-electron chi connectivity index (χ1n) is 4.51. The maximum atomic E-state index is 12.7. The fourth-order valence-electron chi connectivity index (χ4n) is 1.06. The Labute approximate surface area is 91.3 Å². The van der Waals surface area contributed by atoms with E-state index in [1.165, 1.54) is 18.2 Å². The number of hydrogen-bond acceptors (Lipinski definition) is 4. The van der Waals surface area contributed by atoms with E-state index in [-0.39, 0.29) is 11.4 Å².